The summed E-state index contributed by atoms with van der Waals surface area (Å²) in [4.78, 5) is 37.4. The topological polar surface area (TPSA) is 92.7 Å². The van der Waals surface area contributed by atoms with Crippen LogP contribution in [-0.4, -0.2) is 49.4 Å². The molecule has 4 unspecified atom stereocenters. The van der Waals surface area contributed by atoms with E-state index in [-0.39, 0.29) is 48.2 Å². The number of nitrogens with zero attached hydrogens (tertiary/aromatic N) is 4. The molecule has 1 aliphatic carbocycles. The van der Waals surface area contributed by atoms with Crippen molar-refractivity contribution >= 4 is 34.3 Å². The number of rotatable bonds is 7. The minimum absolute atomic E-state index is 0.0125. The Balaban J connectivity index is 1.13. The highest BCUT2D eigenvalue weighted by atomic mass is 35.5. The zero-order valence-electron chi connectivity index (χ0n) is 22.7. The van der Waals surface area contributed by atoms with E-state index in [2.05, 4.69) is 21.4 Å². The standard InChI is InChI=1S/C31H29ClFN5O3/c1-16-30(41-16)23-14-37(25-7-6-18(8-22(23)25)21-12-34-17(2)35-13-21)15-28(39)38-26-9-20(26)10-27(38)31(40)36-11-19-4-3-5-24(32)29(19)33/h3-8,12-14,16,20,26-27,30H,9-11,15H2,1-2H3,(H,36,40)/t16?,20?,26?,27-,30?/m0/s1. The molecular formula is C31H29ClFN5O3. The third-order valence-electron chi connectivity index (χ3n) is 8.53. The maximum absolute atomic E-state index is 14.3. The Labute approximate surface area is 241 Å². The average Bonchev–Trinajstić information content (AvgIpc) is 3.83. The summed E-state index contributed by atoms with van der Waals surface area (Å²) in [6.45, 7) is 4.01. The van der Waals surface area contributed by atoms with Gasteiger partial charge in [-0.25, -0.2) is 14.4 Å². The Morgan fingerprint density at radius 3 is 2.68 bits per heavy atom. The molecule has 1 saturated carbocycles. The van der Waals surface area contributed by atoms with Crippen molar-refractivity contribution < 1.29 is 18.7 Å². The monoisotopic (exact) mass is 573 g/mol. The van der Waals surface area contributed by atoms with E-state index in [0.717, 1.165) is 34.0 Å². The van der Waals surface area contributed by atoms with Crippen molar-refractivity contribution in [3.63, 3.8) is 0 Å². The molecule has 2 aromatic heterocycles. The van der Waals surface area contributed by atoms with Gasteiger partial charge in [0.25, 0.3) is 0 Å². The van der Waals surface area contributed by atoms with Crippen LogP contribution in [0.1, 0.15) is 42.8 Å². The van der Waals surface area contributed by atoms with Gasteiger partial charge in [-0.15, -0.1) is 0 Å². The lowest BCUT2D eigenvalue weighted by Crippen LogP contribution is -2.48. The normalized spacial score (nSPS) is 24.4. The molecule has 8 nitrogen and oxygen atoms in total. The number of benzene rings is 2. The number of carbonyl (C=O) groups is 2. The largest absolute Gasteiger partial charge is 0.365 e. The Morgan fingerprint density at radius 1 is 1.15 bits per heavy atom. The number of ether oxygens (including phenoxy) is 1. The molecule has 3 fully saturated rings. The molecule has 41 heavy (non-hydrogen) atoms. The highest BCUT2D eigenvalue weighted by Crippen LogP contribution is 2.48. The third-order valence-corrected chi connectivity index (χ3v) is 8.82. The van der Waals surface area contributed by atoms with Gasteiger partial charge < -0.3 is 19.5 Å². The second-order valence-corrected chi connectivity index (χ2v) is 11.7. The molecule has 2 amide bonds. The van der Waals surface area contributed by atoms with E-state index < -0.39 is 11.9 Å². The first-order valence-corrected chi connectivity index (χ1v) is 14.3. The van der Waals surface area contributed by atoms with Gasteiger partial charge in [0, 0.05) is 58.8 Å². The Hall–Kier alpha value is -3.82. The Kier molecular flexibility index (Phi) is 6.32. The van der Waals surface area contributed by atoms with Crippen LogP contribution in [0, 0.1) is 18.7 Å². The van der Waals surface area contributed by atoms with Gasteiger partial charge in [-0.05, 0) is 56.4 Å². The van der Waals surface area contributed by atoms with Crippen LogP contribution in [0.25, 0.3) is 22.0 Å². The van der Waals surface area contributed by atoms with Crippen LogP contribution < -0.4 is 5.32 Å². The number of likely N-dealkylation sites (tertiary alicyclic amines) is 1. The van der Waals surface area contributed by atoms with Gasteiger partial charge in [-0.2, -0.15) is 0 Å². The molecule has 0 bridgehead atoms. The van der Waals surface area contributed by atoms with E-state index in [1.54, 1.807) is 17.0 Å². The molecule has 10 heteroatoms. The third kappa shape index (κ3) is 4.77. The van der Waals surface area contributed by atoms with Crippen molar-refractivity contribution in [2.75, 3.05) is 0 Å². The van der Waals surface area contributed by atoms with Crippen molar-refractivity contribution in [1.82, 2.24) is 24.8 Å². The minimum Gasteiger partial charge on any atom is -0.365 e. The number of hydrogen-bond donors (Lipinski definition) is 1. The van der Waals surface area contributed by atoms with Crippen LogP contribution in [0.5, 0.6) is 0 Å². The number of piperidine rings is 1. The lowest BCUT2D eigenvalue weighted by molar-refractivity contribution is -0.140. The van der Waals surface area contributed by atoms with Crippen molar-refractivity contribution in [2.45, 2.75) is 64.1 Å². The zero-order chi connectivity index (χ0) is 28.4. The number of aromatic nitrogens is 3. The predicted octanol–water partition coefficient (Wildman–Crippen LogP) is 4.96. The van der Waals surface area contributed by atoms with Crippen LogP contribution >= 0.6 is 11.6 Å². The molecule has 7 rings (SSSR count). The SMILES string of the molecule is Cc1ncc(-c2ccc3c(c2)c(C2OC2C)cn3CC(=O)N2C3CC3C[C@H]2C(=O)NCc2cccc(Cl)c2F)cn1. The van der Waals surface area contributed by atoms with E-state index in [0.29, 0.717) is 23.7 Å². The summed E-state index contributed by atoms with van der Waals surface area (Å²) >= 11 is 5.89. The average molecular weight is 574 g/mol. The minimum atomic E-state index is -0.574. The summed E-state index contributed by atoms with van der Waals surface area (Å²) < 4.78 is 22.1. The number of fused-ring (bicyclic) bond motifs is 2. The van der Waals surface area contributed by atoms with Gasteiger partial charge in [0.15, 0.2) is 0 Å². The molecule has 1 N–H and O–H groups in total. The van der Waals surface area contributed by atoms with Gasteiger partial charge in [0.05, 0.1) is 11.1 Å². The fourth-order valence-electron chi connectivity index (χ4n) is 6.18. The number of aryl methyl sites for hydroxylation is 1. The van der Waals surface area contributed by atoms with Crippen LogP contribution in [0.3, 0.4) is 0 Å². The van der Waals surface area contributed by atoms with Crippen molar-refractivity contribution in [3.8, 4) is 11.1 Å². The molecule has 2 aliphatic heterocycles. The molecule has 4 heterocycles. The van der Waals surface area contributed by atoms with Crippen LogP contribution in [-0.2, 0) is 27.4 Å². The highest BCUT2D eigenvalue weighted by Gasteiger charge is 2.56. The van der Waals surface area contributed by atoms with E-state index in [1.165, 1.54) is 6.07 Å². The Bertz CT molecular complexity index is 1690. The predicted molar refractivity (Wildman–Crippen MR) is 151 cm³/mol. The zero-order valence-corrected chi connectivity index (χ0v) is 23.4. The van der Waals surface area contributed by atoms with Crippen molar-refractivity contribution in [2.24, 2.45) is 5.92 Å². The summed E-state index contributed by atoms with van der Waals surface area (Å²) in [5.74, 6) is 0.124. The summed E-state index contributed by atoms with van der Waals surface area (Å²) in [6.07, 6.45) is 7.24. The first kappa shape index (κ1) is 26.1. The molecular weight excluding hydrogens is 545 g/mol. The number of halogens is 2. The second-order valence-electron chi connectivity index (χ2n) is 11.3. The molecule has 4 aromatic rings. The summed E-state index contributed by atoms with van der Waals surface area (Å²) in [5.41, 5.74) is 4.19. The molecule has 2 aromatic carbocycles. The number of amides is 2. The van der Waals surface area contributed by atoms with Crippen molar-refractivity contribution in [1.29, 1.82) is 0 Å². The van der Waals surface area contributed by atoms with Gasteiger partial charge in [0.2, 0.25) is 11.8 Å². The molecule has 0 spiro atoms. The fourth-order valence-corrected chi connectivity index (χ4v) is 6.37. The Morgan fingerprint density at radius 2 is 1.93 bits per heavy atom. The maximum Gasteiger partial charge on any atom is 0.243 e. The van der Waals surface area contributed by atoms with Gasteiger partial charge >= 0.3 is 0 Å². The summed E-state index contributed by atoms with van der Waals surface area (Å²) in [6, 6.07) is 10.3. The number of nitrogens with one attached hydrogen (secondary N) is 1. The lowest BCUT2D eigenvalue weighted by atomic mass is 10.0. The smallest absolute Gasteiger partial charge is 0.243 e. The molecule has 2 saturated heterocycles. The summed E-state index contributed by atoms with van der Waals surface area (Å²) in [5, 5.41) is 3.86. The molecule has 0 radical (unpaired) electrons. The quantitative estimate of drug-likeness (QED) is 0.315. The second kappa shape index (κ2) is 9.92. The molecule has 3 aliphatic rings. The van der Waals surface area contributed by atoms with E-state index in [1.807, 2.05) is 49.1 Å². The van der Waals surface area contributed by atoms with E-state index >= 15 is 0 Å². The van der Waals surface area contributed by atoms with Crippen LogP contribution in [0.2, 0.25) is 5.02 Å². The number of hydrogen-bond acceptors (Lipinski definition) is 5. The lowest BCUT2D eigenvalue weighted by Gasteiger charge is -2.27. The van der Waals surface area contributed by atoms with Gasteiger partial charge in [-0.3, -0.25) is 9.59 Å². The molecule has 210 valence electrons. The van der Waals surface area contributed by atoms with Crippen LogP contribution in [0.4, 0.5) is 4.39 Å². The number of epoxide rings is 1. The molecule has 5 atom stereocenters. The van der Waals surface area contributed by atoms with Gasteiger partial charge in [-0.1, -0.05) is 29.8 Å². The summed E-state index contributed by atoms with van der Waals surface area (Å²) in [7, 11) is 0. The first-order valence-electron chi connectivity index (χ1n) is 13.9. The van der Waals surface area contributed by atoms with E-state index in [9.17, 15) is 14.0 Å². The number of carbonyl (C=O) groups excluding carboxylic acids is 2. The van der Waals surface area contributed by atoms with Gasteiger partial charge in [0.1, 0.15) is 30.3 Å². The van der Waals surface area contributed by atoms with Crippen molar-refractivity contribution in [3.05, 3.63) is 82.8 Å². The maximum atomic E-state index is 14.3. The van der Waals surface area contributed by atoms with E-state index in [4.69, 9.17) is 16.3 Å². The van der Waals surface area contributed by atoms with Crippen LogP contribution in [0.15, 0.2) is 55.0 Å². The fraction of sp³-hybridized carbons (Fsp3) is 0.355. The first-order chi connectivity index (χ1) is 19.8. The highest BCUT2D eigenvalue weighted by molar-refractivity contribution is 6.30.